The van der Waals surface area contributed by atoms with Gasteiger partial charge in [0, 0.05) is 26.7 Å². The summed E-state index contributed by atoms with van der Waals surface area (Å²) in [5.74, 6) is -0.0451. The first-order valence-electron chi connectivity index (χ1n) is 9.94. The maximum absolute atomic E-state index is 12.8. The third kappa shape index (κ3) is 4.83. The fourth-order valence-corrected chi connectivity index (χ4v) is 3.67. The minimum absolute atomic E-state index is 0.103. The molecular weight excluding hydrogens is 352 g/mol. The number of carbonyl (C=O) groups excluding carboxylic acids is 2. The lowest BCUT2D eigenvalue weighted by atomic mass is 10.0. The summed E-state index contributed by atoms with van der Waals surface area (Å²) in [5.41, 5.74) is 0.730. The fourth-order valence-electron chi connectivity index (χ4n) is 3.67. The molecule has 0 N–H and O–H groups in total. The molecule has 0 aliphatic carbocycles. The van der Waals surface area contributed by atoms with Crippen LogP contribution in [0.25, 0.3) is 10.8 Å². The molecule has 3 rings (SSSR count). The number of amides is 2. The van der Waals surface area contributed by atoms with Crippen molar-refractivity contribution < 1.29 is 14.3 Å². The average molecular weight is 383 g/mol. The van der Waals surface area contributed by atoms with Crippen LogP contribution in [0.5, 0.6) is 0 Å². The van der Waals surface area contributed by atoms with Crippen molar-refractivity contribution in [2.24, 2.45) is 5.92 Å². The molecule has 0 radical (unpaired) electrons. The molecule has 1 saturated heterocycles. The zero-order chi connectivity index (χ0) is 20.3. The number of nitrogens with zero attached hydrogens (tertiary/aromatic N) is 2. The molecule has 0 bridgehead atoms. The van der Waals surface area contributed by atoms with E-state index >= 15 is 0 Å². The number of carbonyl (C=O) groups is 2. The SMILES string of the molecule is CN(CCc1cccc2ccccc12)C(=O)C1CCN(C(=O)OC(C)(C)C)C1. The summed E-state index contributed by atoms with van der Waals surface area (Å²) in [5, 5.41) is 2.46. The van der Waals surface area contributed by atoms with Crippen LogP contribution < -0.4 is 0 Å². The second kappa shape index (κ2) is 8.21. The van der Waals surface area contributed by atoms with E-state index in [0.717, 1.165) is 6.42 Å². The van der Waals surface area contributed by atoms with Crippen molar-refractivity contribution >= 4 is 22.8 Å². The number of hydrogen-bond acceptors (Lipinski definition) is 3. The Balaban J connectivity index is 1.56. The lowest BCUT2D eigenvalue weighted by Crippen LogP contribution is -2.38. The molecule has 2 aromatic rings. The summed E-state index contributed by atoms with van der Waals surface area (Å²) in [6.45, 7) is 7.23. The van der Waals surface area contributed by atoms with Crippen LogP contribution in [0.1, 0.15) is 32.8 Å². The van der Waals surface area contributed by atoms with E-state index in [9.17, 15) is 9.59 Å². The fraction of sp³-hybridized carbons (Fsp3) is 0.478. The molecule has 2 amide bonds. The minimum atomic E-state index is -0.519. The van der Waals surface area contributed by atoms with E-state index in [2.05, 4.69) is 30.3 Å². The largest absolute Gasteiger partial charge is 0.444 e. The number of fused-ring (bicyclic) bond motifs is 1. The molecule has 1 unspecified atom stereocenters. The quantitative estimate of drug-likeness (QED) is 0.800. The molecule has 150 valence electrons. The average Bonchev–Trinajstić information content (AvgIpc) is 3.14. The van der Waals surface area contributed by atoms with Crippen LogP contribution in [0.2, 0.25) is 0 Å². The van der Waals surface area contributed by atoms with E-state index in [0.29, 0.717) is 26.1 Å². The zero-order valence-electron chi connectivity index (χ0n) is 17.3. The number of ether oxygens (including phenoxy) is 1. The standard InChI is InChI=1S/C23H30N2O3/c1-23(2,3)28-22(27)25-15-13-19(16-25)21(26)24(4)14-12-18-10-7-9-17-8-5-6-11-20(17)18/h5-11,19H,12-16H2,1-4H3. The van der Waals surface area contributed by atoms with Gasteiger partial charge in [-0.05, 0) is 49.9 Å². The van der Waals surface area contributed by atoms with E-state index < -0.39 is 5.60 Å². The highest BCUT2D eigenvalue weighted by molar-refractivity contribution is 5.86. The van der Waals surface area contributed by atoms with Gasteiger partial charge in [-0.1, -0.05) is 42.5 Å². The van der Waals surface area contributed by atoms with Gasteiger partial charge >= 0.3 is 6.09 Å². The van der Waals surface area contributed by atoms with Crippen LogP contribution in [0, 0.1) is 5.92 Å². The summed E-state index contributed by atoms with van der Waals surface area (Å²) in [6, 6.07) is 14.6. The first-order chi connectivity index (χ1) is 13.2. The van der Waals surface area contributed by atoms with Gasteiger partial charge in [-0.25, -0.2) is 4.79 Å². The minimum Gasteiger partial charge on any atom is -0.444 e. The summed E-state index contributed by atoms with van der Waals surface area (Å²) in [4.78, 5) is 28.5. The highest BCUT2D eigenvalue weighted by atomic mass is 16.6. The van der Waals surface area contributed by atoms with Gasteiger partial charge in [-0.2, -0.15) is 0 Å². The second-order valence-corrected chi connectivity index (χ2v) is 8.56. The Morgan fingerprint density at radius 2 is 1.86 bits per heavy atom. The van der Waals surface area contributed by atoms with Crippen molar-refractivity contribution in [1.82, 2.24) is 9.80 Å². The van der Waals surface area contributed by atoms with Gasteiger partial charge in [-0.15, -0.1) is 0 Å². The molecule has 0 spiro atoms. The van der Waals surface area contributed by atoms with Gasteiger partial charge in [0.1, 0.15) is 5.60 Å². The molecular formula is C23H30N2O3. The molecule has 5 nitrogen and oxygen atoms in total. The predicted molar refractivity (Wildman–Crippen MR) is 111 cm³/mol. The molecule has 1 aliphatic rings. The van der Waals surface area contributed by atoms with Crippen LogP contribution in [0.3, 0.4) is 0 Å². The third-order valence-electron chi connectivity index (χ3n) is 5.16. The molecule has 2 aromatic carbocycles. The van der Waals surface area contributed by atoms with Gasteiger partial charge < -0.3 is 14.5 Å². The maximum Gasteiger partial charge on any atom is 0.410 e. The molecule has 28 heavy (non-hydrogen) atoms. The number of likely N-dealkylation sites (tertiary alicyclic amines) is 1. The van der Waals surface area contributed by atoms with Gasteiger partial charge in [0.05, 0.1) is 5.92 Å². The zero-order valence-corrected chi connectivity index (χ0v) is 17.3. The van der Waals surface area contributed by atoms with Gasteiger partial charge in [0.2, 0.25) is 5.91 Å². The summed E-state index contributed by atoms with van der Waals surface area (Å²) in [6.07, 6.45) is 1.17. The van der Waals surface area contributed by atoms with Crippen LogP contribution in [-0.4, -0.2) is 54.1 Å². The van der Waals surface area contributed by atoms with Gasteiger partial charge in [-0.3, -0.25) is 4.79 Å². The Hall–Kier alpha value is -2.56. The van der Waals surface area contributed by atoms with Crippen LogP contribution in [-0.2, 0) is 16.0 Å². The normalized spacial score (nSPS) is 17.0. The Morgan fingerprint density at radius 1 is 1.14 bits per heavy atom. The molecule has 1 aliphatic heterocycles. The summed E-state index contributed by atoms with van der Waals surface area (Å²) < 4.78 is 5.42. The van der Waals surface area contributed by atoms with Crippen molar-refractivity contribution in [2.45, 2.75) is 39.2 Å². The number of likely N-dealkylation sites (N-methyl/N-ethyl adjacent to an activating group) is 1. The number of hydrogen-bond donors (Lipinski definition) is 0. The highest BCUT2D eigenvalue weighted by Gasteiger charge is 2.34. The lowest BCUT2D eigenvalue weighted by molar-refractivity contribution is -0.133. The van der Waals surface area contributed by atoms with E-state index in [4.69, 9.17) is 4.74 Å². The van der Waals surface area contributed by atoms with E-state index in [1.54, 1.807) is 9.80 Å². The highest BCUT2D eigenvalue weighted by Crippen LogP contribution is 2.22. The van der Waals surface area contributed by atoms with Crippen molar-refractivity contribution in [3.8, 4) is 0 Å². The van der Waals surface area contributed by atoms with Crippen molar-refractivity contribution in [3.63, 3.8) is 0 Å². The van der Waals surface area contributed by atoms with Crippen LogP contribution in [0.15, 0.2) is 42.5 Å². The molecule has 0 saturated carbocycles. The van der Waals surface area contributed by atoms with Gasteiger partial charge in [0.15, 0.2) is 0 Å². The first kappa shape index (κ1) is 20.2. The monoisotopic (exact) mass is 382 g/mol. The van der Waals surface area contributed by atoms with Crippen LogP contribution >= 0.6 is 0 Å². The van der Waals surface area contributed by atoms with Gasteiger partial charge in [0.25, 0.3) is 0 Å². The Labute approximate surface area is 167 Å². The maximum atomic E-state index is 12.8. The van der Waals surface area contributed by atoms with Crippen LogP contribution in [0.4, 0.5) is 4.79 Å². The molecule has 1 heterocycles. The number of rotatable bonds is 4. The molecule has 1 atom stereocenters. The van der Waals surface area contributed by atoms with E-state index in [-0.39, 0.29) is 17.9 Å². The third-order valence-corrected chi connectivity index (χ3v) is 5.16. The molecule has 5 heteroatoms. The van der Waals surface area contributed by atoms with Crippen molar-refractivity contribution in [3.05, 3.63) is 48.0 Å². The van der Waals surface area contributed by atoms with E-state index in [1.165, 1.54) is 16.3 Å². The second-order valence-electron chi connectivity index (χ2n) is 8.56. The Morgan fingerprint density at radius 3 is 2.61 bits per heavy atom. The van der Waals surface area contributed by atoms with Crippen molar-refractivity contribution in [1.29, 1.82) is 0 Å². The number of benzene rings is 2. The first-order valence-corrected chi connectivity index (χ1v) is 9.94. The van der Waals surface area contributed by atoms with E-state index in [1.807, 2.05) is 40.0 Å². The molecule has 0 aromatic heterocycles. The predicted octanol–water partition coefficient (Wildman–Crippen LogP) is 4.10. The molecule has 1 fully saturated rings. The Kier molecular flexibility index (Phi) is 5.92. The lowest BCUT2D eigenvalue weighted by Gasteiger charge is -2.25. The summed E-state index contributed by atoms with van der Waals surface area (Å²) in [7, 11) is 1.85. The smallest absolute Gasteiger partial charge is 0.410 e. The topological polar surface area (TPSA) is 49.9 Å². The Bertz CT molecular complexity index is 851. The summed E-state index contributed by atoms with van der Waals surface area (Å²) >= 11 is 0. The van der Waals surface area contributed by atoms with Crippen molar-refractivity contribution in [2.75, 3.05) is 26.7 Å².